The fraction of sp³-hybridized carbons (Fsp3) is 0.0769. The Morgan fingerprint density at radius 2 is 2.16 bits per heavy atom. The van der Waals surface area contributed by atoms with E-state index in [1.54, 1.807) is 24.4 Å². The second-order valence-electron chi connectivity index (χ2n) is 3.62. The summed E-state index contributed by atoms with van der Waals surface area (Å²) < 4.78 is 4.30. The van der Waals surface area contributed by atoms with Crippen molar-refractivity contribution in [1.29, 1.82) is 5.26 Å². The van der Waals surface area contributed by atoms with Gasteiger partial charge in [0.2, 0.25) is 0 Å². The molecule has 0 atom stereocenters. The van der Waals surface area contributed by atoms with E-state index in [0.29, 0.717) is 10.9 Å². The van der Waals surface area contributed by atoms with Crippen LogP contribution in [-0.2, 0) is 14.3 Å². The molecule has 6 nitrogen and oxygen atoms in total. The number of ether oxygens (including phenoxy) is 1. The van der Waals surface area contributed by atoms with Gasteiger partial charge in [0.1, 0.15) is 6.07 Å². The summed E-state index contributed by atoms with van der Waals surface area (Å²) in [6.07, 6.45) is 1.61. The first kappa shape index (κ1) is 12.5. The number of hydrogen-bond donors (Lipinski definition) is 1. The molecule has 0 bridgehead atoms. The number of nitrogens with one attached hydrogen (secondary N) is 1. The molecule has 1 amide bonds. The maximum Gasteiger partial charge on any atom is 0.396 e. The second-order valence-corrected chi connectivity index (χ2v) is 3.62. The first-order chi connectivity index (χ1) is 9.17. The standard InChI is InChI=1S/C13H9N3O3/c1-19-13(18)12(17)16-11-5-4-10-8(9(11)7-14)3-2-6-15-10/h2-6H,1H3,(H,16,17). The quantitative estimate of drug-likeness (QED) is 0.611. The van der Waals surface area contributed by atoms with Crippen LogP contribution in [0.5, 0.6) is 0 Å². The van der Waals surface area contributed by atoms with Crippen LogP contribution >= 0.6 is 0 Å². The van der Waals surface area contributed by atoms with Gasteiger partial charge in [-0.05, 0) is 24.3 Å². The van der Waals surface area contributed by atoms with Crippen LogP contribution in [0.1, 0.15) is 5.56 Å². The molecule has 1 N–H and O–H groups in total. The minimum Gasteiger partial charge on any atom is -0.462 e. The Balaban J connectivity index is 2.47. The van der Waals surface area contributed by atoms with Crippen LogP contribution < -0.4 is 5.32 Å². The van der Waals surface area contributed by atoms with E-state index in [0.717, 1.165) is 7.11 Å². The summed E-state index contributed by atoms with van der Waals surface area (Å²) in [5, 5.41) is 12.1. The molecule has 0 unspecified atom stereocenters. The van der Waals surface area contributed by atoms with Gasteiger partial charge in [0.15, 0.2) is 0 Å². The number of carbonyl (C=O) groups excluding carboxylic acids is 2. The number of anilines is 1. The molecular formula is C13H9N3O3. The summed E-state index contributed by atoms with van der Waals surface area (Å²) in [4.78, 5) is 26.6. The van der Waals surface area contributed by atoms with Crippen LogP contribution in [0, 0.1) is 11.3 Å². The zero-order valence-electron chi connectivity index (χ0n) is 10.0. The Kier molecular flexibility index (Phi) is 3.39. The number of nitrogens with zero attached hydrogens (tertiary/aromatic N) is 2. The zero-order chi connectivity index (χ0) is 13.8. The van der Waals surface area contributed by atoms with Crippen molar-refractivity contribution in [3.8, 4) is 6.07 Å². The molecule has 19 heavy (non-hydrogen) atoms. The summed E-state index contributed by atoms with van der Waals surface area (Å²) in [5.74, 6) is -1.95. The molecule has 6 heteroatoms. The van der Waals surface area contributed by atoms with E-state index in [9.17, 15) is 14.9 Å². The van der Waals surface area contributed by atoms with E-state index < -0.39 is 11.9 Å². The van der Waals surface area contributed by atoms with Crippen LogP contribution in [0.2, 0.25) is 0 Å². The minimum absolute atomic E-state index is 0.249. The van der Waals surface area contributed by atoms with Gasteiger partial charge in [-0.15, -0.1) is 0 Å². The van der Waals surface area contributed by atoms with Gasteiger partial charge in [0.25, 0.3) is 0 Å². The number of pyridine rings is 1. The van der Waals surface area contributed by atoms with Gasteiger partial charge < -0.3 is 10.1 Å². The van der Waals surface area contributed by atoms with Crippen LogP contribution in [0.4, 0.5) is 5.69 Å². The van der Waals surface area contributed by atoms with Gasteiger partial charge in [-0.1, -0.05) is 0 Å². The highest BCUT2D eigenvalue weighted by atomic mass is 16.5. The average molecular weight is 255 g/mol. The van der Waals surface area contributed by atoms with Crippen LogP contribution in [-0.4, -0.2) is 24.0 Å². The van der Waals surface area contributed by atoms with Gasteiger partial charge in [0, 0.05) is 11.6 Å². The number of rotatable bonds is 1. The predicted molar refractivity (Wildman–Crippen MR) is 67.1 cm³/mol. The molecule has 0 saturated carbocycles. The molecule has 0 saturated heterocycles. The third-order valence-electron chi connectivity index (χ3n) is 2.52. The SMILES string of the molecule is COC(=O)C(=O)Nc1ccc2ncccc2c1C#N. The number of amides is 1. The smallest absolute Gasteiger partial charge is 0.396 e. The highest BCUT2D eigenvalue weighted by Gasteiger charge is 2.16. The molecule has 1 aromatic carbocycles. The number of benzene rings is 1. The molecular weight excluding hydrogens is 246 g/mol. The van der Waals surface area contributed by atoms with Gasteiger partial charge in [-0.3, -0.25) is 9.78 Å². The van der Waals surface area contributed by atoms with E-state index in [2.05, 4.69) is 15.0 Å². The lowest BCUT2D eigenvalue weighted by atomic mass is 10.1. The van der Waals surface area contributed by atoms with Crippen LogP contribution in [0.25, 0.3) is 10.9 Å². The Morgan fingerprint density at radius 3 is 2.84 bits per heavy atom. The van der Waals surface area contributed by atoms with Crippen molar-refractivity contribution in [2.75, 3.05) is 12.4 Å². The number of nitriles is 1. The maximum absolute atomic E-state index is 11.4. The third kappa shape index (κ3) is 2.35. The monoisotopic (exact) mass is 255 g/mol. The van der Waals surface area contributed by atoms with Gasteiger partial charge in [0.05, 0.1) is 23.9 Å². The Bertz CT molecular complexity index is 704. The highest BCUT2D eigenvalue weighted by Crippen LogP contribution is 2.24. The highest BCUT2D eigenvalue weighted by molar-refractivity contribution is 6.37. The number of aromatic nitrogens is 1. The fourth-order valence-electron chi connectivity index (χ4n) is 1.64. The molecule has 1 aromatic heterocycles. The molecule has 0 radical (unpaired) electrons. The number of hydrogen-bond acceptors (Lipinski definition) is 5. The molecule has 0 aliphatic rings. The molecule has 0 aliphatic heterocycles. The number of methoxy groups -OCH3 is 1. The molecule has 2 aromatic rings. The summed E-state index contributed by atoms with van der Waals surface area (Å²) >= 11 is 0. The Morgan fingerprint density at radius 1 is 1.37 bits per heavy atom. The maximum atomic E-state index is 11.4. The van der Waals surface area contributed by atoms with Crippen molar-refractivity contribution >= 4 is 28.5 Å². The lowest BCUT2D eigenvalue weighted by Gasteiger charge is -2.07. The van der Waals surface area contributed by atoms with Crippen LogP contribution in [0.15, 0.2) is 30.5 Å². The molecule has 0 spiro atoms. The normalized spacial score (nSPS) is 9.68. The number of esters is 1. The molecule has 0 fully saturated rings. The van der Waals surface area contributed by atoms with E-state index in [1.807, 2.05) is 6.07 Å². The summed E-state index contributed by atoms with van der Waals surface area (Å²) in [5.41, 5.74) is 1.14. The van der Waals surface area contributed by atoms with E-state index in [4.69, 9.17) is 0 Å². The Hall–Kier alpha value is -2.94. The van der Waals surface area contributed by atoms with E-state index in [-0.39, 0.29) is 11.3 Å². The van der Waals surface area contributed by atoms with Gasteiger partial charge in [-0.25, -0.2) is 4.79 Å². The first-order valence-corrected chi connectivity index (χ1v) is 5.34. The van der Waals surface area contributed by atoms with Crippen molar-refractivity contribution in [2.24, 2.45) is 0 Å². The third-order valence-corrected chi connectivity index (χ3v) is 2.52. The second kappa shape index (κ2) is 5.14. The number of fused-ring (bicyclic) bond motifs is 1. The molecule has 2 rings (SSSR count). The zero-order valence-corrected chi connectivity index (χ0v) is 10.0. The lowest BCUT2D eigenvalue weighted by molar-refractivity contribution is -0.150. The minimum atomic E-state index is -1.02. The number of carbonyl (C=O) groups is 2. The predicted octanol–water partition coefficient (Wildman–Crippen LogP) is 1.22. The first-order valence-electron chi connectivity index (χ1n) is 5.34. The molecule has 94 valence electrons. The van der Waals surface area contributed by atoms with E-state index >= 15 is 0 Å². The van der Waals surface area contributed by atoms with Crippen molar-refractivity contribution < 1.29 is 14.3 Å². The van der Waals surface area contributed by atoms with Crippen molar-refractivity contribution in [3.63, 3.8) is 0 Å². The lowest BCUT2D eigenvalue weighted by Crippen LogP contribution is -2.24. The van der Waals surface area contributed by atoms with Crippen molar-refractivity contribution in [3.05, 3.63) is 36.0 Å². The summed E-state index contributed by atoms with van der Waals surface area (Å²) in [6, 6.07) is 8.58. The van der Waals surface area contributed by atoms with Gasteiger partial charge >= 0.3 is 11.9 Å². The summed E-state index contributed by atoms with van der Waals surface area (Å²) in [7, 11) is 1.11. The average Bonchev–Trinajstić information content (AvgIpc) is 2.46. The largest absolute Gasteiger partial charge is 0.462 e. The van der Waals surface area contributed by atoms with E-state index in [1.165, 1.54) is 6.07 Å². The molecule has 1 heterocycles. The van der Waals surface area contributed by atoms with Crippen molar-refractivity contribution in [1.82, 2.24) is 4.98 Å². The fourth-order valence-corrected chi connectivity index (χ4v) is 1.64. The van der Waals surface area contributed by atoms with Gasteiger partial charge in [-0.2, -0.15) is 5.26 Å². The molecule has 0 aliphatic carbocycles. The Labute approximate surface area is 108 Å². The van der Waals surface area contributed by atoms with Crippen molar-refractivity contribution in [2.45, 2.75) is 0 Å². The topological polar surface area (TPSA) is 92.1 Å². The van der Waals surface area contributed by atoms with Crippen LogP contribution in [0.3, 0.4) is 0 Å². The summed E-state index contributed by atoms with van der Waals surface area (Å²) in [6.45, 7) is 0.